The summed E-state index contributed by atoms with van der Waals surface area (Å²) in [5.74, 6) is -1.10. The lowest BCUT2D eigenvalue weighted by Gasteiger charge is -2.18. The van der Waals surface area contributed by atoms with E-state index < -0.39 is 23.3 Å². The maximum absolute atomic E-state index is 13.3. The number of aromatic nitrogens is 3. The van der Waals surface area contributed by atoms with Gasteiger partial charge in [0.05, 0.1) is 24.5 Å². The van der Waals surface area contributed by atoms with Crippen molar-refractivity contribution in [2.75, 3.05) is 6.61 Å². The molecule has 0 aliphatic rings. The molecule has 1 atom stereocenters. The molecule has 0 aliphatic heterocycles. The molecule has 0 fully saturated rings. The molecule has 1 amide bonds. The third kappa shape index (κ3) is 4.31. The summed E-state index contributed by atoms with van der Waals surface area (Å²) in [7, 11) is 0. The molecule has 0 unspecified atom stereocenters. The van der Waals surface area contributed by atoms with Crippen LogP contribution in [0.25, 0.3) is 21.6 Å². The van der Waals surface area contributed by atoms with E-state index in [1.165, 1.54) is 28.8 Å². The zero-order valence-corrected chi connectivity index (χ0v) is 18.6. The summed E-state index contributed by atoms with van der Waals surface area (Å²) in [6, 6.07) is 10.6. The smallest absolute Gasteiger partial charge is 0.263 e. The average molecular weight is 459 g/mol. The van der Waals surface area contributed by atoms with E-state index in [4.69, 9.17) is 6.57 Å². The van der Waals surface area contributed by atoms with Crippen LogP contribution in [-0.4, -0.2) is 32.2 Å². The topological polar surface area (TPSA) is 104 Å². The van der Waals surface area contributed by atoms with E-state index in [2.05, 4.69) is 20.2 Å². The summed E-state index contributed by atoms with van der Waals surface area (Å²) < 4.78 is 14.5. The van der Waals surface area contributed by atoms with Crippen LogP contribution in [-0.2, 0) is 0 Å². The van der Waals surface area contributed by atoms with Crippen LogP contribution in [0.5, 0.6) is 0 Å². The van der Waals surface area contributed by atoms with Crippen molar-refractivity contribution >= 4 is 17.1 Å². The van der Waals surface area contributed by atoms with Gasteiger partial charge in [0.25, 0.3) is 11.5 Å². The number of carbonyl (C=O) groups excluding carboxylic acids is 1. The SMILES string of the molecule is [C-]#[N+]c1c(C(=O)N[C@@H](CCO)c2ccc(F)cc2)nn2cc(-c3ccc(C)c(C)c3)[nH]c(=O)c12. The number of rotatable bonds is 6. The van der Waals surface area contributed by atoms with Crippen LogP contribution < -0.4 is 10.9 Å². The lowest BCUT2D eigenvalue weighted by molar-refractivity contribution is 0.0925. The highest BCUT2D eigenvalue weighted by atomic mass is 19.1. The second-order valence-corrected chi connectivity index (χ2v) is 7.99. The molecule has 0 aliphatic carbocycles. The first-order chi connectivity index (χ1) is 16.3. The first-order valence-electron chi connectivity index (χ1n) is 10.6. The highest BCUT2D eigenvalue weighted by Gasteiger charge is 2.25. The third-order valence-corrected chi connectivity index (χ3v) is 5.74. The Morgan fingerprint density at radius 3 is 2.62 bits per heavy atom. The third-order valence-electron chi connectivity index (χ3n) is 5.74. The minimum absolute atomic E-state index is 0.0341. The standard InChI is InChI=1S/C25H22FN5O3/c1-14-4-5-17(12-15(14)2)20-13-31-23(25(34)29-20)21(27-3)22(30-31)24(33)28-19(10-11-32)16-6-8-18(26)9-7-16/h4-9,12-13,19,32H,10-11H2,1-2H3,(H,28,33)(H,29,34)/t19-/m0/s1. The fourth-order valence-electron chi connectivity index (χ4n) is 3.75. The number of carbonyl (C=O) groups is 1. The van der Waals surface area contributed by atoms with Crippen molar-refractivity contribution in [3.8, 4) is 11.3 Å². The van der Waals surface area contributed by atoms with Crippen LogP contribution in [0.1, 0.15) is 39.6 Å². The number of aryl methyl sites for hydroxylation is 2. The van der Waals surface area contributed by atoms with Gasteiger partial charge in [-0.15, -0.1) is 0 Å². The van der Waals surface area contributed by atoms with Crippen LogP contribution in [0.4, 0.5) is 10.1 Å². The van der Waals surface area contributed by atoms with Crippen molar-refractivity contribution in [1.82, 2.24) is 19.9 Å². The Hall–Kier alpha value is -4.29. The van der Waals surface area contributed by atoms with Gasteiger partial charge < -0.3 is 15.4 Å². The summed E-state index contributed by atoms with van der Waals surface area (Å²) >= 11 is 0. The molecule has 2 aromatic carbocycles. The van der Waals surface area contributed by atoms with E-state index >= 15 is 0 Å². The van der Waals surface area contributed by atoms with E-state index in [1.807, 2.05) is 32.0 Å². The van der Waals surface area contributed by atoms with Crippen LogP contribution in [0, 0.1) is 26.2 Å². The molecule has 9 heteroatoms. The highest BCUT2D eigenvalue weighted by molar-refractivity contribution is 6.02. The molecular formula is C25H22FN5O3. The molecule has 8 nitrogen and oxygen atoms in total. The number of nitrogens with zero attached hydrogens (tertiary/aromatic N) is 3. The Labute approximate surface area is 194 Å². The van der Waals surface area contributed by atoms with E-state index in [0.29, 0.717) is 11.3 Å². The molecule has 0 saturated carbocycles. The number of fused-ring (bicyclic) bond motifs is 1. The first-order valence-corrected chi connectivity index (χ1v) is 10.6. The molecule has 0 saturated heterocycles. The van der Waals surface area contributed by atoms with Crippen molar-refractivity contribution in [3.63, 3.8) is 0 Å². The maximum atomic E-state index is 13.3. The Morgan fingerprint density at radius 2 is 1.97 bits per heavy atom. The van der Waals surface area contributed by atoms with E-state index in [0.717, 1.165) is 16.7 Å². The molecule has 34 heavy (non-hydrogen) atoms. The van der Waals surface area contributed by atoms with E-state index in [9.17, 15) is 19.1 Å². The van der Waals surface area contributed by atoms with Crippen molar-refractivity contribution < 1.29 is 14.3 Å². The highest BCUT2D eigenvalue weighted by Crippen LogP contribution is 2.27. The van der Waals surface area contributed by atoms with Crippen LogP contribution in [0.2, 0.25) is 0 Å². The fraction of sp³-hybridized carbons (Fsp3) is 0.200. The van der Waals surface area contributed by atoms with Gasteiger partial charge in [-0.1, -0.05) is 24.3 Å². The van der Waals surface area contributed by atoms with Gasteiger partial charge in [0.15, 0.2) is 5.69 Å². The van der Waals surface area contributed by atoms with Crippen LogP contribution >= 0.6 is 0 Å². The van der Waals surface area contributed by atoms with Gasteiger partial charge >= 0.3 is 0 Å². The first kappa shape index (κ1) is 22.9. The number of halogens is 1. The summed E-state index contributed by atoms with van der Waals surface area (Å²) in [5, 5.41) is 16.4. The molecule has 2 aromatic heterocycles. The van der Waals surface area contributed by atoms with Gasteiger partial charge in [-0.25, -0.2) is 13.8 Å². The Morgan fingerprint density at radius 1 is 1.24 bits per heavy atom. The second kappa shape index (κ2) is 9.29. The normalized spacial score (nSPS) is 11.9. The summed E-state index contributed by atoms with van der Waals surface area (Å²) in [6.07, 6.45) is 1.74. The molecular weight excluding hydrogens is 437 g/mol. The molecule has 4 aromatic rings. The number of benzene rings is 2. The lowest BCUT2D eigenvalue weighted by atomic mass is 10.0. The lowest BCUT2D eigenvalue weighted by Crippen LogP contribution is -2.29. The molecule has 3 N–H and O–H groups in total. The summed E-state index contributed by atoms with van der Waals surface area (Å²) in [5.41, 5.74) is 3.06. The van der Waals surface area contributed by atoms with Gasteiger partial charge in [0.1, 0.15) is 11.3 Å². The minimum atomic E-state index is -0.676. The van der Waals surface area contributed by atoms with Gasteiger partial charge in [-0.05, 0) is 60.7 Å². The number of hydrogen-bond donors (Lipinski definition) is 3. The fourth-order valence-corrected chi connectivity index (χ4v) is 3.75. The van der Waals surface area contributed by atoms with Gasteiger partial charge in [0.2, 0.25) is 5.69 Å². The number of amides is 1. The number of aliphatic hydroxyl groups excluding tert-OH is 1. The second-order valence-electron chi connectivity index (χ2n) is 7.99. The van der Waals surface area contributed by atoms with Crippen molar-refractivity contribution in [2.24, 2.45) is 0 Å². The average Bonchev–Trinajstić information content (AvgIpc) is 3.20. The minimum Gasteiger partial charge on any atom is -0.396 e. The predicted molar refractivity (Wildman–Crippen MR) is 125 cm³/mol. The van der Waals surface area contributed by atoms with Crippen molar-refractivity contribution in [1.29, 1.82) is 0 Å². The van der Waals surface area contributed by atoms with Crippen LogP contribution in [0.15, 0.2) is 53.5 Å². The molecule has 4 rings (SSSR count). The molecule has 2 heterocycles. The predicted octanol–water partition coefficient (Wildman–Crippen LogP) is 3.85. The number of H-pyrrole nitrogens is 1. The number of aromatic amines is 1. The quantitative estimate of drug-likeness (QED) is 0.381. The Balaban J connectivity index is 1.74. The maximum Gasteiger partial charge on any atom is 0.263 e. The number of hydrogen-bond acceptors (Lipinski definition) is 4. The van der Waals surface area contributed by atoms with Gasteiger partial charge in [0, 0.05) is 6.61 Å². The van der Waals surface area contributed by atoms with Crippen molar-refractivity contribution in [3.05, 3.63) is 98.6 Å². The van der Waals surface area contributed by atoms with Crippen molar-refractivity contribution in [2.45, 2.75) is 26.3 Å². The Kier molecular flexibility index (Phi) is 6.25. The summed E-state index contributed by atoms with van der Waals surface area (Å²) in [6.45, 7) is 11.3. The molecule has 0 bridgehead atoms. The zero-order valence-electron chi connectivity index (χ0n) is 18.6. The summed E-state index contributed by atoms with van der Waals surface area (Å²) in [4.78, 5) is 32.1. The number of nitrogens with one attached hydrogen (secondary N) is 2. The van der Waals surface area contributed by atoms with Gasteiger partial charge in [-0.2, -0.15) is 5.10 Å². The largest absolute Gasteiger partial charge is 0.396 e. The van der Waals surface area contributed by atoms with E-state index in [-0.39, 0.29) is 29.9 Å². The van der Waals surface area contributed by atoms with Crippen LogP contribution in [0.3, 0.4) is 0 Å². The van der Waals surface area contributed by atoms with E-state index in [1.54, 1.807) is 6.20 Å². The molecule has 172 valence electrons. The number of aliphatic hydroxyl groups is 1. The zero-order chi connectivity index (χ0) is 24.4. The van der Waals surface area contributed by atoms with Gasteiger partial charge in [-0.3, -0.25) is 9.59 Å². The monoisotopic (exact) mass is 459 g/mol. The molecule has 0 radical (unpaired) electrons. The molecule has 0 spiro atoms. The Bertz CT molecular complexity index is 1480.